The van der Waals surface area contributed by atoms with E-state index in [0.717, 1.165) is 0 Å². The van der Waals surface area contributed by atoms with E-state index in [1.807, 2.05) is 0 Å². The van der Waals surface area contributed by atoms with Crippen molar-refractivity contribution in [3.8, 4) is 0 Å². The maximum absolute atomic E-state index is 11.9. The van der Waals surface area contributed by atoms with Crippen LogP contribution in [-0.4, -0.2) is 15.9 Å². The molecular weight excluding hydrogens is 305 g/mol. The molecule has 0 atom stereocenters. The second-order valence-corrected chi connectivity index (χ2v) is 4.39. The number of nitrogens with zero attached hydrogens (tertiary/aromatic N) is 2. The lowest BCUT2D eigenvalue weighted by molar-refractivity contribution is 0.102. The van der Waals surface area contributed by atoms with Crippen molar-refractivity contribution in [1.29, 1.82) is 0 Å². The van der Waals surface area contributed by atoms with Crippen LogP contribution >= 0.6 is 27.5 Å². The van der Waals surface area contributed by atoms with E-state index in [-0.39, 0.29) is 5.91 Å². The molecule has 0 aromatic carbocycles. The summed E-state index contributed by atoms with van der Waals surface area (Å²) in [7, 11) is 0. The molecular formula is C11H7BrClN3O. The predicted molar refractivity (Wildman–Crippen MR) is 69.1 cm³/mol. The molecule has 0 aliphatic rings. The van der Waals surface area contributed by atoms with Crippen LogP contribution in [0.5, 0.6) is 0 Å². The molecule has 1 N–H and O–H groups in total. The first-order valence-electron chi connectivity index (χ1n) is 4.69. The third-order valence-electron chi connectivity index (χ3n) is 1.97. The molecule has 2 heterocycles. The topological polar surface area (TPSA) is 54.9 Å². The summed E-state index contributed by atoms with van der Waals surface area (Å²) < 4.78 is 0.609. The fourth-order valence-electron chi connectivity index (χ4n) is 1.23. The third-order valence-corrected chi connectivity index (χ3v) is 2.61. The highest BCUT2D eigenvalue weighted by Gasteiger charge is 2.06. The van der Waals surface area contributed by atoms with Crippen molar-refractivity contribution in [3.05, 3.63) is 52.0 Å². The van der Waals surface area contributed by atoms with Crippen LogP contribution in [0.15, 0.2) is 41.3 Å². The first-order valence-corrected chi connectivity index (χ1v) is 5.87. The minimum absolute atomic E-state index is 0.227. The van der Waals surface area contributed by atoms with Crippen LogP contribution < -0.4 is 5.32 Å². The van der Waals surface area contributed by atoms with Gasteiger partial charge in [-0.1, -0.05) is 11.6 Å². The summed E-state index contributed by atoms with van der Waals surface area (Å²) in [5.41, 5.74) is 1.11. The van der Waals surface area contributed by atoms with Crippen LogP contribution in [-0.2, 0) is 0 Å². The van der Waals surface area contributed by atoms with E-state index >= 15 is 0 Å². The van der Waals surface area contributed by atoms with Crippen molar-refractivity contribution >= 4 is 39.1 Å². The van der Waals surface area contributed by atoms with Crippen molar-refractivity contribution < 1.29 is 4.79 Å². The Labute approximate surface area is 111 Å². The molecule has 0 bridgehead atoms. The highest BCUT2D eigenvalue weighted by atomic mass is 79.9. The van der Waals surface area contributed by atoms with Gasteiger partial charge in [0, 0.05) is 23.6 Å². The minimum atomic E-state index is -0.227. The Morgan fingerprint density at radius 3 is 2.71 bits per heavy atom. The van der Waals surface area contributed by atoms with Gasteiger partial charge in [0.1, 0.15) is 9.76 Å². The molecule has 1 amide bonds. The van der Waals surface area contributed by atoms with Crippen LogP contribution in [0.25, 0.3) is 0 Å². The quantitative estimate of drug-likeness (QED) is 0.867. The van der Waals surface area contributed by atoms with Crippen LogP contribution in [0.1, 0.15) is 10.4 Å². The average molecular weight is 313 g/mol. The van der Waals surface area contributed by atoms with Gasteiger partial charge in [0.2, 0.25) is 0 Å². The number of hydrogen-bond donors (Lipinski definition) is 1. The first kappa shape index (κ1) is 12.0. The van der Waals surface area contributed by atoms with E-state index in [1.165, 1.54) is 6.20 Å². The maximum atomic E-state index is 11.9. The summed E-state index contributed by atoms with van der Waals surface area (Å²) in [5, 5.41) is 3.05. The largest absolute Gasteiger partial charge is 0.322 e. The molecule has 2 aromatic heterocycles. The summed E-state index contributed by atoms with van der Waals surface area (Å²) in [6.45, 7) is 0. The van der Waals surface area contributed by atoms with E-state index in [1.54, 1.807) is 30.5 Å². The fraction of sp³-hybridized carbons (Fsp3) is 0. The number of carbonyl (C=O) groups is 1. The van der Waals surface area contributed by atoms with Gasteiger partial charge in [0.15, 0.2) is 0 Å². The molecule has 0 spiro atoms. The Morgan fingerprint density at radius 2 is 2.00 bits per heavy atom. The Morgan fingerprint density at radius 1 is 1.24 bits per heavy atom. The lowest BCUT2D eigenvalue weighted by atomic mass is 10.2. The number of hydrogen-bond acceptors (Lipinski definition) is 3. The molecule has 0 saturated heterocycles. The lowest BCUT2D eigenvalue weighted by Crippen LogP contribution is -2.12. The van der Waals surface area contributed by atoms with E-state index in [9.17, 15) is 4.79 Å². The molecule has 0 aliphatic carbocycles. The monoisotopic (exact) mass is 311 g/mol. The number of nitrogens with one attached hydrogen (secondary N) is 1. The van der Waals surface area contributed by atoms with E-state index in [2.05, 4.69) is 31.2 Å². The first-order chi connectivity index (χ1) is 8.15. The van der Waals surface area contributed by atoms with Gasteiger partial charge < -0.3 is 5.32 Å². The van der Waals surface area contributed by atoms with Crippen molar-refractivity contribution in [1.82, 2.24) is 9.97 Å². The van der Waals surface area contributed by atoms with E-state index in [4.69, 9.17) is 11.6 Å². The summed E-state index contributed by atoms with van der Waals surface area (Å²) in [6, 6.07) is 6.51. The van der Waals surface area contributed by atoms with Crippen molar-refractivity contribution in [2.24, 2.45) is 0 Å². The van der Waals surface area contributed by atoms with Crippen LogP contribution in [0.2, 0.25) is 5.15 Å². The smallest absolute Gasteiger partial charge is 0.255 e. The summed E-state index contributed by atoms with van der Waals surface area (Å²) in [6.07, 6.45) is 3.08. The highest BCUT2D eigenvalue weighted by Crippen LogP contribution is 2.14. The Kier molecular flexibility index (Phi) is 3.71. The van der Waals surface area contributed by atoms with Gasteiger partial charge in [-0.05, 0) is 40.2 Å². The summed E-state index contributed by atoms with van der Waals surface area (Å²) in [5.74, 6) is -0.227. The molecule has 2 aromatic rings. The third kappa shape index (κ3) is 3.25. The molecule has 17 heavy (non-hydrogen) atoms. The van der Waals surface area contributed by atoms with Crippen molar-refractivity contribution in [2.75, 3.05) is 5.32 Å². The van der Waals surface area contributed by atoms with E-state index in [0.29, 0.717) is 21.0 Å². The van der Waals surface area contributed by atoms with Gasteiger partial charge in [-0.25, -0.2) is 9.97 Å². The highest BCUT2D eigenvalue weighted by molar-refractivity contribution is 9.10. The molecule has 0 saturated carbocycles. The zero-order chi connectivity index (χ0) is 12.3. The van der Waals surface area contributed by atoms with Gasteiger partial charge in [-0.15, -0.1) is 0 Å². The summed E-state index contributed by atoms with van der Waals surface area (Å²) >= 11 is 8.92. The molecule has 0 aliphatic heterocycles. The second kappa shape index (κ2) is 5.25. The molecule has 86 valence electrons. The SMILES string of the molecule is O=C(Nc1ccnc(Cl)c1)c1ccnc(Br)c1. The normalized spacial score (nSPS) is 10.0. The van der Waals surface area contributed by atoms with Crippen LogP contribution in [0, 0.1) is 0 Å². The van der Waals surface area contributed by atoms with Gasteiger partial charge >= 0.3 is 0 Å². The number of carbonyl (C=O) groups excluding carboxylic acids is 1. The zero-order valence-corrected chi connectivity index (χ0v) is 10.9. The number of pyridine rings is 2. The zero-order valence-electron chi connectivity index (χ0n) is 8.52. The molecule has 6 heteroatoms. The standard InChI is InChI=1S/C11H7BrClN3O/c12-9-5-7(1-3-14-9)11(17)16-8-2-4-15-10(13)6-8/h1-6H,(H,15,16,17). The lowest BCUT2D eigenvalue weighted by Gasteiger charge is -2.05. The predicted octanol–water partition coefficient (Wildman–Crippen LogP) is 3.14. The van der Waals surface area contributed by atoms with Gasteiger partial charge in [-0.3, -0.25) is 4.79 Å². The Hall–Kier alpha value is -1.46. The molecule has 0 radical (unpaired) electrons. The second-order valence-electron chi connectivity index (χ2n) is 3.19. The van der Waals surface area contributed by atoms with Gasteiger partial charge in [0.25, 0.3) is 5.91 Å². The average Bonchev–Trinajstić information content (AvgIpc) is 2.29. The van der Waals surface area contributed by atoms with Crippen LogP contribution in [0.3, 0.4) is 0 Å². The number of rotatable bonds is 2. The van der Waals surface area contributed by atoms with Crippen molar-refractivity contribution in [2.45, 2.75) is 0 Å². The van der Waals surface area contributed by atoms with Gasteiger partial charge in [0.05, 0.1) is 0 Å². The number of amides is 1. The maximum Gasteiger partial charge on any atom is 0.255 e. The minimum Gasteiger partial charge on any atom is -0.322 e. The number of aromatic nitrogens is 2. The number of anilines is 1. The van der Waals surface area contributed by atoms with Crippen LogP contribution in [0.4, 0.5) is 5.69 Å². The van der Waals surface area contributed by atoms with Gasteiger partial charge in [-0.2, -0.15) is 0 Å². The number of halogens is 2. The Bertz CT molecular complexity index is 562. The molecule has 0 unspecified atom stereocenters. The van der Waals surface area contributed by atoms with Crippen molar-refractivity contribution in [3.63, 3.8) is 0 Å². The molecule has 4 nitrogen and oxygen atoms in total. The fourth-order valence-corrected chi connectivity index (χ4v) is 1.77. The molecule has 0 fully saturated rings. The Balaban J connectivity index is 2.17. The van der Waals surface area contributed by atoms with E-state index < -0.39 is 0 Å². The summed E-state index contributed by atoms with van der Waals surface area (Å²) in [4.78, 5) is 19.6. The molecule has 2 rings (SSSR count).